The highest BCUT2D eigenvalue weighted by Gasteiger charge is 2.25. The fraction of sp³-hybridized carbons (Fsp3) is 0.435. The molecular formula is C23H32FIN4O. The molecule has 1 fully saturated rings. The second-order valence-electron chi connectivity index (χ2n) is 7.68. The van der Waals surface area contributed by atoms with Gasteiger partial charge in [0.25, 0.3) is 0 Å². The van der Waals surface area contributed by atoms with E-state index in [9.17, 15) is 4.39 Å². The number of nitrogens with zero attached hydrogens (tertiary/aromatic N) is 3. The van der Waals surface area contributed by atoms with Gasteiger partial charge in [-0.3, -0.25) is 4.99 Å². The summed E-state index contributed by atoms with van der Waals surface area (Å²) >= 11 is 0. The van der Waals surface area contributed by atoms with E-state index in [1.165, 1.54) is 5.56 Å². The zero-order valence-electron chi connectivity index (χ0n) is 18.0. The molecule has 1 aliphatic heterocycles. The standard InChI is InChI=1S/C23H31FN4O.HI/c1-25-23(26-14-19-9-10-22(27(2)3)21(24)13-19)28-12-11-20(15-28)17-29-16-18-7-5-4-6-8-18;/h4-10,13,20H,11-12,14-17H2,1-3H3,(H,25,26);1H. The lowest BCUT2D eigenvalue weighted by Crippen LogP contribution is -2.39. The van der Waals surface area contributed by atoms with Crippen LogP contribution in [0.4, 0.5) is 10.1 Å². The topological polar surface area (TPSA) is 40.1 Å². The van der Waals surface area contributed by atoms with Crippen molar-refractivity contribution >= 4 is 35.6 Å². The van der Waals surface area contributed by atoms with Crippen LogP contribution in [0, 0.1) is 11.7 Å². The van der Waals surface area contributed by atoms with Gasteiger partial charge in [0.1, 0.15) is 5.82 Å². The molecule has 0 bridgehead atoms. The van der Waals surface area contributed by atoms with Crippen LogP contribution in [0.25, 0.3) is 0 Å². The zero-order chi connectivity index (χ0) is 20.6. The van der Waals surface area contributed by atoms with Crippen molar-refractivity contribution in [3.63, 3.8) is 0 Å². The van der Waals surface area contributed by atoms with E-state index in [1.54, 1.807) is 18.0 Å². The minimum absolute atomic E-state index is 0. The highest BCUT2D eigenvalue weighted by Crippen LogP contribution is 2.19. The first kappa shape index (κ1) is 24.4. The van der Waals surface area contributed by atoms with Crippen molar-refractivity contribution in [3.05, 3.63) is 65.5 Å². The molecule has 3 rings (SSSR count). The Labute approximate surface area is 196 Å². The molecule has 7 heteroatoms. The van der Waals surface area contributed by atoms with Gasteiger partial charge in [-0.1, -0.05) is 36.4 Å². The van der Waals surface area contributed by atoms with E-state index in [4.69, 9.17) is 4.74 Å². The smallest absolute Gasteiger partial charge is 0.193 e. The first-order valence-corrected chi connectivity index (χ1v) is 10.1. The third kappa shape index (κ3) is 6.84. The molecular weight excluding hydrogens is 494 g/mol. The molecule has 30 heavy (non-hydrogen) atoms. The molecule has 2 aromatic rings. The van der Waals surface area contributed by atoms with E-state index in [0.29, 0.717) is 24.8 Å². The molecule has 0 saturated carbocycles. The van der Waals surface area contributed by atoms with Crippen LogP contribution >= 0.6 is 24.0 Å². The zero-order valence-corrected chi connectivity index (χ0v) is 20.3. The first-order valence-electron chi connectivity index (χ1n) is 10.1. The van der Waals surface area contributed by atoms with E-state index in [0.717, 1.165) is 37.6 Å². The van der Waals surface area contributed by atoms with Gasteiger partial charge in [0, 0.05) is 46.7 Å². The number of halogens is 2. The molecule has 1 saturated heterocycles. The summed E-state index contributed by atoms with van der Waals surface area (Å²) in [5, 5.41) is 3.36. The van der Waals surface area contributed by atoms with E-state index < -0.39 is 0 Å². The van der Waals surface area contributed by atoms with Crippen LogP contribution in [0.1, 0.15) is 17.5 Å². The van der Waals surface area contributed by atoms with Crippen molar-refractivity contribution in [1.29, 1.82) is 0 Å². The fourth-order valence-corrected chi connectivity index (χ4v) is 3.62. The summed E-state index contributed by atoms with van der Waals surface area (Å²) < 4.78 is 20.1. The third-order valence-electron chi connectivity index (χ3n) is 5.21. The van der Waals surface area contributed by atoms with Crippen molar-refractivity contribution in [1.82, 2.24) is 10.2 Å². The maximum absolute atomic E-state index is 14.2. The number of nitrogens with one attached hydrogen (secondary N) is 1. The first-order chi connectivity index (χ1) is 14.1. The van der Waals surface area contributed by atoms with Crippen LogP contribution in [0.3, 0.4) is 0 Å². The Balaban J connectivity index is 0.00000320. The Morgan fingerprint density at radius 3 is 2.63 bits per heavy atom. The number of hydrogen-bond acceptors (Lipinski definition) is 3. The maximum atomic E-state index is 14.2. The molecule has 0 aromatic heterocycles. The van der Waals surface area contributed by atoms with Crippen molar-refractivity contribution < 1.29 is 9.13 Å². The third-order valence-corrected chi connectivity index (χ3v) is 5.21. The number of hydrogen-bond donors (Lipinski definition) is 1. The number of guanidine groups is 1. The number of aliphatic imine (C=N–C) groups is 1. The van der Waals surface area contributed by atoms with Gasteiger partial charge < -0.3 is 19.9 Å². The minimum atomic E-state index is -0.207. The Kier molecular flexibility index (Phi) is 9.84. The average molecular weight is 526 g/mol. The summed E-state index contributed by atoms with van der Waals surface area (Å²) in [5.41, 5.74) is 2.69. The van der Waals surface area contributed by atoms with Gasteiger partial charge >= 0.3 is 0 Å². The Hall–Kier alpha value is -1.87. The Bertz CT molecular complexity index is 816. The van der Waals surface area contributed by atoms with Gasteiger partial charge in [0.15, 0.2) is 5.96 Å². The molecule has 164 valence electrons. The summed E-state index contributed by atoms with van der Waals surface area (Å²) in [6.45, 7) is 3.82. The van der Waals surface area contributed by atoms with Crippen LogP contribution in [0.15, 0.2) is 53.5 Å². The van der Waals surface area contributed by atoms with Gasteiger partial charge in [-0.2, -0.15) is 0 Å². The van der Waals surface area contributed by atoms with Crippen molar-refractivity contribution in [2.24, 2.45) is 10.9 Å². The average Bonchev–Trinajstić information content (AvgIpc) is 3.18. The lowest BCUT2D eigenvalue weighted by Gasteiger charge is -2.22. The molecule has 0 amide bonds. The predicted octanol–water partition coefficient (Wildman–Crippen LogP) is 4.12. The molecule has 1 N–H and O–H groups in total. The second-order valence-corrected chi connectivity index (χ2v) is 7.68. The SMILES string of the molecule is CN=C(NCc1ccc(N(C)C)c(F)c1)N1CCC(COCc2ccccc2)C1.I. The largest absolute Gasteiger partial charge is 0.376 e. The maximum Gasteiger partial charge on any atom is 0.193 e. The fourth-order valence-electron chi connectivity index (χ4n) is 3.62. The molecule has 1 heterocycles. The van der Waals surface area contributed by atoms with E-state index >= 15 is 0 Å². The number of anilines is 1. The Morgan fingerprint density at radius 1 is 1.20 bits per heavy atom. The lowest BCUT2D eigenvalue weighted by atomic mass is 10.1. The molecule has 5 nitrogen and oxygen atoms in total. The van der Waals surface area contributed by atoms with E-state index in [-0.39, 0.29) is 29.8 Å². The van der Waals surface area contributed by atoms with Gasteiger partial charge in [0.05, 0.1) is 18.9 Å². The summed E-state index contributed by atoms with van der Waals surface area (Å²) in [7, 11) is 5.47. The van der Waals surface area contributed by atoms with Gasteiger partial charge in [0.2, 0.25) is 0 Å². The minimum Gasteiger partial charge on any atom is -0.376 e. The quantitative estimate of drug-likeness (QED) is 0.335. The summed E-state index contributed by atoms with van der Waals surface area (Å²) in [6, 6.07) is 15.6. The van der Waals surface area contributed by atoms with Crippen LogP contribution in [0.2, 0.25) is 0 Å². The highest BCUT2D eigenvalue weighted by molar-refractivity contribution is 14.0. The van der Waals surface area contributed by atoms with Gasteiger partial charge in [-0.15, -0.1) is 24.0 Å². The monoisotopic (exact) mass is 526 g/mol. The summed E-state index contributed by atoms with van der Waals surface area (Å²) in [6.07, 6.45) is 1.08. The second kappa shape index (κ2) is 12.1. The van der Waals surface area contributed by atoms with Crippen LogP contribution in [-0.2, 0) is 17.9 Å². The molecule has 1 unspecified atom stereocenters. The van der Waals surface area contributed by atoms with Crippen LogP contribution in [-0.4, -0.2) is 51.7 Å². The van der Waals surface area contributed by atoms with E-state index in [2.05, 4.69) is 27.3 Å². The molecule has 0 aliphatic carbocycles. The summed E-state index contributed by atoms with van der Waals surface area (Å²) in [5.74, 6) is 1.14. The van der Waals surface area contributed by atoms with Gasteiger partial charge in [-0.25, -0.2) is 4.39 Å². The molecule has 2 aromatic carbocycles. The Morgan fingerprint density at radius 2 is 1.97 bits per heavy atom. The number of likely N-dealkylation sites (tertiary alicyclic amines) is 1. The number of ether oxygens (including phenoxy) is 1. The van der Waals surface area contributed by atoms with Gasteiger partial charge in [-0.05, 0) is 29.7 Å². The molecule has 0 radical (unpaired) electrons. The van der Waals surface area contributed by atoms with E-state index in [1.807, 2.05) is 44.4 Å². The molecule has 0 spiro atoms. The number of benzene rings is 2. The molecule has 1 atom stereocenters. The van der Waals surface area contributed by atoms with Crippen LogP contribution in [0.5, 0.6) is 0 Å². The van der Waals surface area contributed by atoms with Crippen molar-refractivity contribution in [2.75, 3.05) is 45.7 Å². The summed E-state index contributed by atoms with van der Waals surface area (Å²) in [4.78, 5) is 8.43. The van der Waals surface area contributed by atoms with Crippen LogP contribution < -0.4 is 10.2 Å². The normalized spacial score (nSPS) is 16.3. The lowest BCUT2D eigenvalue weighted by molar-refractivity contribution is 0.0906. The molecule has 1 aliphatic rings. The predicted molar refractivity (Wildman–Crippen MR) is 132 cm³/mol. The highest BCUT2D eigenvalue weighted by atomic mass is 127. The number of rotatable bonds is 7. The van der Waals surface area contributed by atoms with Crippen molar-refractivity contribution in [2.45, 2.75) is 19.6 Å². The van der Waals surface area contributed by atoms with Crippen molar-refractivity contribution in [3.8, 4) is 0 Å².